The van der Waals surface area contributed by atoms with Gasteiger partial charge in [-0.1, -0.05) is 48.8 Å². The highest BCUT2D eigenvalue weighted by molar-refractivity contribution is 6.00. The molecule has 2 aromatic rings. The Morgan fingerprint density at radius 3 is 2.31 bits per heavy atom. The fraction of sp³-hybridized carbons (Fsp3) is 0.350. The first-order valence-corrected chi connectivity index (χ1v) is 8.59. The Morgan fingerprint density at radius 2 is 1.77 bits per heavy atom. The van der Waals surface area contributed by atoms with Gasteiger partial charge in [0.25, 0.3) is 0 Å². The molecule has 0 saturated carbocycles. The molecule has 1 heterocycles. The number of anilines is 1. The molecule has 0 aliphatic heterocycles. The van der Waals surface area contributed by atoms with E-state index in [4.69, 9.17) is 4.52 Å². The third-order valence-electron chi connectivity index (χ3n) is 3.92. The van der Waals surface area contributed by atoms with Crippen LogP contribution in [0.5, 0.6) is 0 Å². The van der Waals surface area contributed by atoms with Crippen LogP contribution in [-0.4, -0.2) is 23.0 Å². The number of amides is 2. The van der Waals surface area contributed by atoms with Gasteiger partial charge in [0.2, 0.25) is 11.8 Å². The quantitative estimate of drug-likeness (QED) is 0.777. The Bertz CT molecular complexity index is 804. The first-order valence-electron chi connectivity index (χ1n) is 8.59. The van der Waals surface area contributed by atoms with Crippen molar-refractivity contribution in [1.82, 2.24) is 10.5 Å². The molecule has 1 atom stereocenters. The zero-order chi connectivity index (χ0) is 19.3. The molecular formula is C20H25N3O3. The van der Waals surface area contributed by atoms with Crippen molar-refractivity contribution >= 4 is 23.2 Å². The van der Waals surface area contributed by atoms with Gasteiger partial charge in [0, 0.05) is 12.1 Å². The van der Waals surface area contributed by atoms with E-state index in [0.717, 1.165) is 16.7 Å². The van der Waals surface area contributed by atoms with Gasteiger partial charge in [0.05, 0.1) is 0 Å². The van der Waals surface area contributed by atoms with E-state index >= 15 is 0 Å². The van der Waals surface area contributed by atoms with Gasteiger partial charge < -0.3 is 15.2 Å². The lowest BCUT2D eigenvalue weighted by atomic mass is 9.94. The monoisotopic (exact) mass is 355 g/mol. The molecule has 0 spiro atoms. The maximum Gasteiger partial charge on any atom is 0.247 e. The van der Waals surface area contributed by atoms with Crippen LogP contribution < -0.4 is 10.6 Å². The molecule has 2 N–H and O–H groups in total. The standard InChI is InChI=1S/C20H25N3O3/c1-12(2)17(16-8-6-13(3)7-9-16)11-19(24)21-15(5)20(25)22-18-10-14(4)26-23-18/h6-12,15H,1-5H3,(H,21,24)(H,22,23,25)/b17-11+. The molecule has 1 aromatic heterocycles. The molecule has 2 amide bonds. The summed E-state index contributed by atoms with van der Waals surface area (Å²) < 4.78 is 4.90. The van der Waals surface area contributed by atoms with E-state index in [0.29, 0.717) is 11.6 Å². The first kappa shape index (κ1) is 19.4. The van der Waals surface area contributed by atoms with Crippen molar-refractivity contribution < 1.29 is 14.1 Å². The Morgan fingerprint density at radius 1 is 1.12 bits per heavy atom. The van der Waals surface area contributed by atoms with Crippen molar-refractivity contribution in [3.8, 4) is 0 Å². The second-order valence-corrected chi connectivity index (χ2v) is 6.66. The molecular weight excluding hydrogens is 330 g/mol. The SMILES string of the molecule is Cc1ccc(/C(=C/C(=O)NC(C)C(=O)Nc2cc(C)on2)C(C)C)cc1. The molecule has 6 nitrogen and oxygen atoms in total. The number of carbonyl (C=O) groups excluding carboxylic acids is 2. The van der Waals surface area contributed by atoms with Crippen molar-refractivity contribution in [2.24, 2.45) is 5.92 Å². The summed E-state index contributed by atoms with van der Waals surface area (Å²) in [5.74, 6) is 0.423. The summed E-state index contributed by atoms with van der Waals surface area (Å²) in [5.41, 5.74) is 3.08. The molecule has 138 valence electrons. The van der Waals surface area contributed by atoms with E-state index < -0.39 is 6.04 Å². The number of aromatic nitrogens is 1. The van der Waals surface area contributed by atoms with Crippen LogP contribution in [0.25, 0.3) is 5.57 Å². The average Bonchev–Trinajstić information content (AvgIpc) is 2.98. The number of allylic oxidation sites excluding steroid dienone is 1. The summed E-state index contributed by atoms with van der Waals surface area (Å²) in [4.78, 5) is 24.5. The van der Waals surface area contributed by atoms with E-state index in [2.05, 4.69) is 15.8 Å². The number of aryl methyl sites for hydroxylation is 2. The number of nitrogens with one attached hydrogen (secondary N) is 2. The van der Waals surface area contributed by atoms with Gasteiger partial charge in [-0.2, -0.15) is 0 Å². The Balaban J connectivity index is 2.04. The van der Waals surface area contributed by atoms with Crippen molar-refractivity contribution in [1.29, 1.82) is 0 Å². The van der Waals surface area contributed by atoms with Crippen molar-refractivity contribution in [3.63, 3.8) is 0 Å². The molecule has 1 aromatic carbocycles. The summed E-state index contributed by atoms with van der Waals surface area (Å²) in [7, 11) is 0. The fourth-order valence-corrected chi connectivity index (χ4v) is 2.45. The predicted octanol–water partition coefficient (Wildman–Crippen LogP) is 3.47. The first-order chi connectivity index (χ1) is 12.3. The van der Waals surface area contributed by atoms with Gasteiger partial charge in [-0.25, -0.2) is 0 Å². The summed E-state index contributed by atoms with van der Waals surface area (Å²) in [6.45, 7) is 9.43. The lowest BCUT2D eigenvalue weighted by Gasteiger charge is -2.15. The lowest BCUT2D eigenvalue weighted by Crippen LogP contribution is -2.41. The van der Waals surface area contributed by atoms with Crippen LogP contribution in [0.2, 0.25) is 0 Å². The summed E-state index contributed by atoms with van der Waals surface area (Å²) in [5, 5.41) is 8.99. The van der Waals surface area contributed by atoms with E-state index in [1.807, 2.05) is 45.0 Å². The second-order valence-electron chi connectivity index (χ2n) is 6.66. The molecule has 0 saturated heterocycles. The third kappa shape index (κ3) is 5.31. The largest absolute Gasteiger partial charge is 0.360 e. The van der Waals surface area contributed by atoms with Gasteiger partial charge in [-0.3, -0.25) is 9.59 Å². The Hall–Kier alpha value is -2.89. The molecule has 0 fully saturated rings. The van der Waals surface area contributed by atoms with Crippen LogP contribution in [0.3, 0.4) is 0 Å². The highest BCUT2D eigenvalue weighted by Crippen LogP contribution is 2.23. The van der Waals surface area contributed by atoms with E-state index in [9.17, 15) is 9.59 Å². The molecule has 0 radical (unpaired) electrons. The topological polar surface area (TPSA) is 84.2 Å². The zero-order valence-corrected chi connectivity index (χ0v) is 15.8. The maximum absolute atomic E-state index is 12.4. The molecule has 2 rings (SSSR count). The molecule has 0 aliphatic rings. The minimum Gasteiger partial charge on any atom is -0.360 e. The normalized spacial score (nSPS) is 12.8. The van der Waals surface area contributed by atoms with Crippen LogP contribution >= 0.6 is 0 Å². The van der Waals surface area contributed by atoms with Crippen LogP contribution in [-0.2, 0) is 9.59 Å². The highest BCUT2D eigenvalue weighted by Gasteiger charge is 2.17. The number of nitrogens with zero attached hydrogens (tertiary/aromatic N) is 1. The van der Waals surface area contributed by atoms with Gasteiger partial charge >= 0.3 is 0 Å². The molecule has 0 aliphatic carbocycles. The number of carbonyl (C=O) groups is 2. The summed E-state index contributed by atoms with van der Waals surface area (Å²) in [6.07, 6.45) is 1.55. The maximum atomic E-state index is 12.4. The van der Waals surface area contributed by atoms with Crippen LogP contribution in [0, 0.1) is 19.8 Å². The Labute approximate surface area is 153 Å². The van der Waals surface area contributed by atoms with Gasteiger partial charge in [-0.05, 0) is 37.8 Å². The Kier molecular flexibility index (Phi) is 6.33. The van der Waals surface area contributed by atoms with E-state index in [1.54, 1.807) is 26.0 Å². The number of benzene rings is 1. The van der Waals surface area contributed by atoms with Crippen LogP contribution in [0.4, 0.5) is 5.82 Å². The van der Waals surface area contributed by atoms with Gasteiger partial charge in [-0.15, -0.1) is 0 Å². The smallest absolute Gasteiger partial charge is 0.247 e. The predicted molar refractivity (Wildman–Crippen MR) is 101 cm³/mol. The lowest BCUT2D eigenvalue weighted by molar-refractivity contribution is -0.123. The van der Waals surface area contributed by atoms with Crippen molar-refractivity contribution in [3.05, 3.63) is 53.3 Å². The second kappa shape index (κ2) is 8.47. The van der Waals surface area contributed by atoms with Crippen molar-refractivity contribution in [2.75, 3.05) is 5.32 Å². The van der Waals surface area contributed by atoms with Crippen LogP contribution in [0.1, 0.15) is 37.7 Å². The summed E-state index contributed by atoms with van der Waals surface area (Å²) >= 11 is 0. The highest BCUT2D eigenvalue weighted by atomic mass is 16.5. The number of hydrogen-bond acceptors (Lipinski definition) is 4. The number of rotatable bonds is 6. The number of hydrogen-bond donors (Lipinski definition) is 2. The zero-order valence-electron chi connectivity index (χ0n) is 15.8. The fourth-order valence-electron chi connectivity index (χ4n) is 2.45. The van der Waals surface area contributed by atoms with E-state index in [-0.39, 0.29) is 17.7 Å². The third-order valence-corrected chi connectivity index (χ3v) is 3.92. The molecule has 26 heavy (non-hydrogen) atoms. The van der Waals surface area contributed by atoms with E-state index in [1.165, 1.54) is 0 Å². The minimum absolute atomic E-state index is 0.172. The average molecular weight is 355 g/mol. The molecule has 1 unspecified atom stereocenters. The summed E-state index contributed by atoms with van der Waals surface area (Å²) in [6, 6.07) is 8.93. The van der Waals surface area contributed by atoms with Crippen LogP contribution in [0.15, 0.2) is 40.9 Å². The van der Waals surface area contributed by atoms with Gasteiger partial charge in [0.1, 0.15) is 11.8 Å². The van der Waals surface area contributed by atoms with Crippen molar-refractivity contribution in [2.45, 2.75) is 40.7 Å². The molecule has 0 bridgehead atoms. The minimum atomic E-state index is -0.706. The van der Waals surface area contributed by atoms with Gasteiger partial charge in [0.15, 0.2) is 5.82 Å². The molecule has 6 heteroatoms.